The van der Waals surface area contributed by atoms with Gasteiger partial charge in [0.1, 0.15) is 11.7 Å². The molecule has 4 unspecified atom stereocenters. The molecule has 2 rings (SSSR count). The number of aliphatic hydroxyl groups is 3. The molecule has 0 spiro atoms. The standard InChI is InChI=1S/C23H34O5/c1-5-6-7-8-9-11-19(26)28-18-14-17(15-24)23(27,16-25)22(4)13-10-12-21(2,3)20(18)22/h5-9,11,14,18,20,24-25,27H,10,12-13,15-16H2,1-4H3. The van der Waals surface area contributed by atoms with Crippen LogP contribution in [0, 0.1) is 16.7 Å². The molecule has 0 radical (unpaired) electrons. The molecule has 2 aliphatic rings. The lowest BCUT2D eigenvalue weighted by Crippen LogP contribution is -2.65. The Hall–Kier alpha value is -1.69. The lowest BCUT2D eigenvalue weighted by Gasteiger charge is -2.61. The second-order valence-corrected chi connectivity index (χ2v) is 8.78. The van der Waals surface area contributed by atoms with Crippen molar-refractivity contribution in [2.24, 2.45) is 16.7 Å². The SMILES string of the molecule is CC=CC=CC=CC(=O)OC1C=C(CO)C(O)(CO)C2(C)CCCC(C)(C)C12. The summed E-state index contributed by atoms with van der Waals surface area (Å²) in [5.74, 6) is -0.654. The molecule has 0 aromatic rings. The Morgan fingerprint density at radius 3 is 2.46 bits per heavy atom. The van der Waals surface area contributed by atoms with E-state index in [2.05, 4.69) is 13.8 Å². The number of esters is 1. The van der Waals surface area contributed by atoms with Crippen LogP contribution < -0.4 is 0 Å². The molecule has 4 atom stereocenters. The van der Waals surface area contributed by atoms with Crippen LogP contribution in [-0.2, 0) is 9.53 Å². The third-order valence-corrected chi connectivity index (χ3v) is 6.63. The molecule has 5 nitrogen and oxygen atoms in total. The molecular weight excluding hydrogens is 356 g/mol. The largest absolute Gasteiger partial charge is 0.455 e. The van der Waals surface area contributed by atoms with Gasteiger partial charge in [0.25, 0.3) is 0 Å². The third-order valence-electron chi connectivity index (χ3n) is 6.63. The highest BCUT2D eigenvalue weighted by atomic mass is 16.5. The van der Waals surface area contributed by atoms with Crippen molar-refractivity contribution in [3.8, 4) is 0 Å². The Morgan fingerprint density at radius 2 is 1.86 bits per heavy atom. The van der Waals surface area contributed by atoms with Crippen molar-refractivity contribution in [1.29, 1.82) is 0 Å². The molecule has 28 heavy (non-hydrogen) atoms. The summed E-state index contributed by atoms with van der Waals surface area (Å²) in [4.78, 5) is 12.4. The van der Waals surface area contributed by atoms with Gasteiger partial charge in [-0.25, -0.2) is 4.79 Å². The summed E-state index contributed by atoms with van der Waals surface area (Å²) >= 11 is 0. The van der Waals surface area contributed by atoms with Crippen LogP contribution in [0.15, 0.2) is 48.1 Å². The number of fused-ring (bicyclic) bond motifs is 1. The van der Waals surface area contributed by atoms with Crippen LogP contribution in [0.5, 0.6) is 0 Å². The average Bonchev–Trinajstić information content (AvgIpc) is 2.63. The van der Waals surface area contributed by atoms with E-state index in [1.807, 2.05) is 32.1 Å². The van der Waals surface area contributed by atoms with E-state index in [-0.39, 0.29) is 11.3 Å². The summed E-state index contributed by atoms with van der Waals surface area (Å²) in [6.45, 7) is 7.21. The van der Waals surface area contributed by atoms with Crippen LogP contribution in [0.4, 0.5) is 0 Å². The molecule has 5 heteroatoms. The molecule has 1 saturated carbocycles. The molecule has 0 bridgehead atoms. The molecule has 1 fully saturated rings. The van der Waals surface area contributed by atoms with E-state index in [4.69, 9.17) is 4.74 Å². The van der Waals surface area contributed by atoms with Gasteiger partial charge >= 0.3 is 5.97 Å². The lowest BCUT2D eigenvalue weighted by molar-refractivity contribution is -0.198. The lowest BCUT2D eigenvalue weighted by atomic mass is 9.46. The number of carbonyl (C=O) groups is 1. The van der Waals surface area contributed by atoms with Gasteiger partial charge in [0.2, 0.25) is 0 Å². The van der Waals surface area contributed by atoms with Crippen molar-refractivity contribution in [3.05, 3.63) is 48.1 Å². The van der Waals surface area contributed by atoms with Gasteiger partial charge in [0.05, 0.1) is 13.2 Å². The number of hydrogen-bond donors (Lipinski definition) is 3. The monoisotopic (exact) mass is 390 g/mol. The molecule has 0 saturated heterocycles. The first-order valence-corrected chi connectivity index (χ1v) is 9.98. The maximum absolute atomic E-state index is 12.4. The zero-order valence-corrected chi connectivity index (χ0v) is 17.4. The van der Waals surface area contributed by atoms with E-state index < -0.39 is 36.3 Å². The molecular formula is C23H34O5. The number of allylic oxidation sites excluding steroid dienone is 5. The number of aliphatic hydroxyl groups excluding tert-OH is 2. The maximum Gasteiger partial charge on any atom is 0.331 e. The molecule has 2 aliphatic carbocycles. The Balaban J connectivity index is 2.39. The predicted molar refractivity (Wildman–Crippen MR) is 109 cm³/mol. The van der Waals surface area contributed by atoms with E-state index in [0.717, 1.165) is 12.8 Å². The fraction of sp³-hybridized carbons (Fsp3) is 0.609. The van der Waals surface area contributed by atoms with Crippen molar-refractivity contribution in [1.82, 2.24) is 0 Å². The van der Waals surface area contributed by atoms with Crippen molar-refractivity contribution in [2.75, 3.05) is 13.2 Å². The van der Waals surface area contributed by atoms with Crippen molar-refractivity contribution >= 4 is 5.97 Å². The average molecular weight is 391 g/mol. The van der Waals surface area contributed by atoms with Gasteiger partial charge in [-0.2, -0.15) is 0 Å². The predicted octanol–water partition coefficient (Wildman–Crippen LogP) is 3.08. The summed E-state index contributed by atoms with van der Waals surface area (Å²) in [6.07, 6.45) is 13.9. The minimum atomic E-state index is -1.53. The van der Waals surface area contributed by atoms with Crippen LogP contribution in [0.25, 0.3) is 0 Å². The van der Waals surface area contributed by atoms with Crippen molar-refractivity contribution in [2.45, 2.75) is 58.7 Å². The fourth-order valence-corrected chi connectivity index (χ4v) is 5.27. The van der Waals surface area contributed by atoms with Gasteiger partial charge in [-0.05, 0) is 36.8 Å². The second-order valence-electron chi connectivity index (χ2n) is 8.78. The van der Waals surface area contributed by atoms with E-state index in [0.29, 0.717) is 12.0 Å². The first kappa shape index (κ1) is 22.6. The van der Waals surface area contributed by atoms with Gasteiger partial charge in [0.15, 0.2) is 0 Å². The maximum atomic E-state index is 12.4. The Labute approximate surface area is 168 Å². The first-order valence-electron chi connectivity index (χ1n) is 9.98. The van der Waals surface area contributed by atoms with Crippen LogP contribution in [-0.4, -0.2) is 46.2 Å². The highest BCUT2D eigenvalue weighted by molar-refractivity contribution is 5.82. The summed E-state index contributed by atoms with van der Waals surface area (Å²) in [7, 11) is 0. The quantitative estimate of drug-likeness (QED) is 0.281. The minimum absolute atomic E-state index is 0.183. The van der Waals surface area contributed by atoms with Gasteiger partial charge in [-0.3, -0.25) is 0 Å². The summed E-state index contributed by atoms with van der Waals surface area (Å²) in [6, 6.07) is 0. The number of ether oxygens (including phenoxy) is 1. The van der Waals surface area contributed by atoms with E-state index in [1.165, 1.54) is 6.08 Å². The summed E-state index contributed by atoms with van der Waals surface area (Å²) in [5, 5.41) is 31.3. The summed E-state index contributed by atoms with van der Waals surface area (Å²) < 4.78 is 5.78. The van der Waals surface area contributed by atoms with E-state index in [9.17, 15) is 20.1 Å². The zero-order chi connectivity index (χ0) is 21.0. The van der Waals surface area contributed by atoms with Crippen LogP contribution in [0.1, 0.15) is 47.0 Å². The Morgan fingerprint density at radius 1 is 1.18 bits per heavy atom. The molecule has 0 aromatic heterocycles. The number of hydrogen-bond acceptors (Lipinski definition) is 5. The van der Waals surface area contributed by atoms with E-state index >= 15 is 0 Å². The highest BCUT2D eigenvalue weighted by Crippen LogP contribution is 2.61. The summed E-state index contributed by atoms with van der Waals surface area (Å²) in [5.41, 5.74) is -2.12. The van der Waals surface area contributed by atoms with Gasteiger partial charge in [0, 0.05) is 17.4 Å². The Bertz CT molecular complexity index is 687. The smallest absolute Gasteiger partial charge is 0.331 e. The first-order chi connectivity index (χ1) is 13.2. The molecule has 0 aromatic carbocycles. The second kappa shape index (κ2) is 8.76. The normalized spacial score (nSPS) is 35.3. The molecule has 0 aliphatic heterocycles. The van der Waals surface area contributed by atoms with Crippen LogP contribution >= 0.6 is 0 Å². The molecule has 0 amide bonds. The Kier molecular flexibility index (Phi) is 7.07. The molecule has 156 valence electrons. The van der Waals surface area contributed by atoms with Crippen LogP contribution in [0.2, 0.25) is 0 Å². The highest BCUT2D eigenvalue weighted by Gasteiger charge is 2.63. The third kappa shape index (κ3) is 4.02. The van der Waals surface area contributed by atoms with Gasteiger partial charge in [-0.1, -0.05) is 57.6 Å². The van der Waals surface area contributed by atoms with Gasteiger partial charge in [-0.15, -0.1) is 0 Å². The van der Waals surface area contributed by atoms with Crippen molar-refractivity contribution in [3.63, 3.8) is 0 Å². The number of rotatable bonds is 6. The molecule has 3 N–H and O–H groups in total. The topological polar surface area (TPSA) is 87.0 Å². The fourth-order valence-electron chi connectivity index (χ4n) is 5.27. The minimum Gasteiger partial charge on any atom is -0.455 e. The molecule has 0 heterocycles. The van der Waals surface area contributed by atoms with Crippen molar-refractivity contribution < 1.29 is 24.9 Å². The van der Waals surface area contributed by atoms with Gasteiger partial charge < -0.3 is 20.1 Å². The zero-order valence-electron chi connectivity index (χ0n) is 17.4. The van der Waals surface area contributed by atoms with Crippen LogP contribution in [0.3, 0.4) is 0 Å². The number of carbonyl (C=O) groups excluding carboxylic acids is 1. The van der Waals surface area contributed by atoms with E-state index in [1.54, 1.807) is 18.2 Å².